The van der Waals surface area contributed by atoms with Crippen LogP contribution in [0.2, 0.25) is 5.02 Å². The largest absolute Gasteiger partial charge is 0.352 e. The Morgan fingerprint density at radius 2 is 2.00 bits per heavy atom. The molecule has 15 heavy (non-hydrogen) atoms. The van der Waals surface area contributed by atoms with Gasteiger partial charge in [-0.25, -0.2) is 0 Å². The van der Waals surface area contributed by atoms with Crippen LogP contribution in [0.4, 0.5) is 0 Å². The number of rotatable bonds is 4. The van der Waals surface area contributed by atoms with Crippen LogP contribution < -0.4 is 5.32 Å². The molecule has 0 unspecified atom stereocenters. The fraction of sp³-hybridized carbons (Fsp3) is 0.273. The van der Waals surface area contributed by atoms with Crippen molar-refractivity contribution in [3.63, 3.8) is 0 Å². The number of carbonyl (C=O) groups is 2. The minimum atomic E-state index is -0.276. The second-order valence-corrected chi connectivity index (χ2v) is 3.65. The molecule has 0 aromatic heterocycles. The molecule has 3 nitrogen and oxygen atoms in total. The SMILES string of the molecule is CC(=O)CC(=O)NCc1ccccc1Cl. The van der Waals surface area contributed by atoms with Gasteiger partial charge in [0.25, 0.3) is 0 Å². The standard InChI is InChI=1S/C11H12ClNO2/c1-8(14)6-11(15)13-7-9-4-2-3-5-10(9)12/h2-5H,6-7H2,1H3,(H,13,15). The molecule has 0 atom stereocenters. The monoisotopic (exact) mass is 225 g/mol. The minimum Gasteiger partial charge on any atom is -0.352 e. The van der Waals surface area contributed by atoms with Crippen molar-refractivity contribution in [3.05, 3.63) is 34.9 Å². The number of Topliss-reactive ketones (excluding diaryl/α,β-unsaturated/α-hetero) is 1. The highest BCUT2D eigenvalue weighted by atomic mass is 35.5. The van der Waals surface area contributed by atoms with E-state index < -0.39 is 0 Å². The maximum absolute atomic E-state index is 11.2. The van der Waals surface area contributed by atoms with Crippen molar-refractivity contribution in [1.82, 2.24) is 5.32 Å². The van der Waals surface area contributed by atoms with Crippen molar-refractivity contribution in [1.29, 1.82) is 0 Å². The van der Waals surface area contributed by atoms with Crippen LogP contribution in [0.15, 0.2) is 24.3 Å². The number of amides is 1. The Bertz CT molecular complexity index is 377. The van der Waals surface area contributed by atoms with E-state index in [0.29, 0.717) is 11.6 Å². The average Bonchev–Trinajstić information content (AvgIpc) is 2.15. The molecule has 1 aromatic carbocycles. The molecule has 0 spiro atoms. The van der Waals surface area contributed by atoms with Gasteiger partial charge in [-0.2, -0.15) is 0 Å². The second-order valence-electron chi connectivity index (χ2n) is 3.25. The normalized spacial score (nSPS) is 9.73. The third-order valence-corrected chi connectivity index (χ3v) is 2.21. The summed E-state index contributed by atoms with van der Waals surface area (Å²) in [5.74, 6) is -0.422. The first kappa shape index (κ1) is 11.7. The second kappa shape index (κ2) is 5.51. The predicted octanol–water partition coefficient (Wildman–Crippen LogP) is 1.94. The van der Waals surface area contributed by atoms with Gasteiger partial charge in [0.05, 0.1) is 6.42 Å². The number of hydrogen-bond acceptors (Lipinski definition) is 2. The van der Waals surface area contributed by atoms with Crippen molar-refractivity contribution in [2.45, 2.75) is 19.9 Å². The molecule has 0 aliphatic heterocycles. The topological polar surface area (TPSA) is 46.2 Å². The van der Waals surface area contributed by atoms with Crippen molar-refractivity contribution >= 4 is 23.3 Å². The van der Waals surface area contributed by atoms with Crippen molar-refractivity contribution in [2.24, 2.45) is 0 Å². The maximum atomic E-state index is 11.2. The fourth-order valence-electron chi connectivity index (χ4n) is 1.12. The summed E-state index contributed by atoms with van der Waals surface area (Å²) in [6.45, 7) is 1.74. The number of nitrogens with one attached hydrogen (secondary N) is 1. The molecule has 0 bridgehead atoms. The first-order valence-corrected chi connectivity index (χ1v) is 4.97. The summed E-state index contributed by atoms with van der Waals surface area (Å²) in [7, 11) is 0. The van der Waals surface area contributed by atoms with E-state index >= 15 is 0 Å². The van der Waals surface area contributed by atoms with Crippen LogP contribution in [0.5, 0.6) is 0 Å². The summed E-state index contributed by atoms with van der Waals surface area (Å²) in [6.07, 6.45) is -0.0789. The Morgan fingerprint density at radius 3 is 2.60 bits per heavy atom. The van der Waals surface area contributed by atoms with Crippen molar-refractivity contribution in [2.75, 3.05) is 0 Å². The highest BCUT2D eigenvalue weighted by Gasteiger charge is 2.05. The van der Waals surface area contributed by atoms with Gasteiger partial charge in [-0.1, -0.05) is 29.8 Å². The highest BCUT2D eigenvalue weighted by molar-refractivity contribution is 6.31. The Kier molecular flexibility index (Phi) is 4.31. The molecular formula is C11H12ClNO2. The van der Waals surface area contributed by atoms with Crippen LogP contribution in [-0.4, -0.2) is 11.7 Å². The van der Waals surface area contributed by atoms with Crippen molar-refractivity contribution < 1.29 is 9.59 Å². The lowest BCUT2D eigenvalue weighted by atomic mass is 10.2. The van der Waals surface area contributed by atoms with E-state index in [2.05, 4.69) is 5.32 Å². The molecule has 0 fully saturated rings. The lowest BCUT2D eigenvalue weighted by Crippen LogP contribution is -2.24. The Hall–Kier alpha value is -1.35. The van der Waals surface area contributed by atoms with Crippen LogP contribution >= 0.6 is 11.6 Å². The number of carbonyl (C=O) groups excluding carboxylic acids is 2. The van der Waals surface area contributed by atoms with E-state index in [1.54, 1.807) is 6.07 Å². The molecule has 1 amide bonds. The van der Waals surface area contributed by atoms with Gasteiger partial charge in [0.1, 0.15) is 5.78 Å². The molecule has 1 rings (SSSR count). The van der Waals surface area contributed by atoms with E-state index in [9.17, 15) is 9.59 Å². The first-order chi connectivity index (χ1) is 7.09. The van der Waals surface area contributed by atoms with Gasteiger partial charge in [-0.05, 0) is 18.6 Å². The molecule has 0 radical (unpaired) electrons. The van der Waals surface area contributed by atoms with Crippen LogP contribution in [0.3, 0.4) is 0 Å². The van der Waals surface area contributed by atoms with Crippen LogP contribution in [0.25, 0.3) is 0 Å². The third kappa shape index (κ3) is 4.13. The Labute approximate surface area is 93.4 Å². The number of hydrogen-bond donors (Lipinski definition) is 1. The van der Waals surface area contributed by atoms with Gasteiger partial charge in [-0.15, -0.1) is 0 Å². The number of ketones is 1. The van der Waals surface area contributed by atoms with Crippen molar-refractivity contribution in [3.8, 4) is 0 Å². The van der Waals surface area contributed by atoms with Gasteiger partial charge in [-0.3, -0.25) is 9.59 Å². The van der Waals surface area contributed by atoms with Gasteiger partial charge < -0.3 is 5.32 Å². The molecular weight excluding hydrogens is 214 g/mol. The molecule has 1 N–H and O–H groups in total. The molecule has 80 valence electrons. The van der Waals surface area contributed by atoms with E-state index in [-0.39, 0.29) is 18.1 Å². The van der Waals surface area contributed by atoms with E-state index in [1.165, 1.54) is 6.92 Å². The summed E-state index contributed by atoms with van der Waals surface area (Å²) in [5, 5.41) is 3.24. The zero-order chi connectivity index (χ0) is 11.3. The Balaban J connectivity index is 2.47. The molecule has 0 saturated carbocycles. The summed E-state index contributed by atoms with van der Waals surface area (Å²) in [5.41, 5.74) is 0.844. The molecule has 0 saturated heterocycles. The maximum Gasteiger partial charge on any atom is 0.227 e. The zero-order valence-electron chi connectivity index (χ0n) is 8.42. The summed E-state index contributed by atoms with van der Waals surface area (Å²) in [4.78, 5) is 21.8. The summed E-state index contributed by atoms with van der Waals surface area (Å²) >= 11 is 5.90. The number of benzene rings is 1. The number of halogens is 1. The zero-order valence-corrected chi connectivity index (χ0v) is 9.17. The molecule has 0 heterocycles. The third-order valence-electron chi connectivity index (χ3n) is 1.84. The molecule has 0 aliphatic rings. The lowest BCUT2D eigenvalue weighted by molar-refractivity contribution is -0.127. The highest BCUT2D eigenvalue weighted by Crippen LogP contribution is 2.14. The van der Waals surface area contributed by atoms with Gasteiger partial charge in [0.15, 0.2) is 0 Å². The average molecular weight is 226 g/mol. The fourth-order valence-corrected chi connectivity index (χ4v) is 1.33. The molecule has 1 aromatic rings. The smallest absolute Gasteiger partial charge is 0.227 e. The van der Waals surface area contributed by atoms with Crippen LogP contribution in [0, 0.1) is 0 Å². The first-order valence-electron chi connectivity index (χ1n) is 4.59. The molecule has 0 aliphatic carbocycles. The van der Waals surface area contributed by atoms with Crippen LogP contribution in [-0.2, 0) is 16.1 Å². The lowest BCUT2D eigenvalue weighted by Gasteiger charge is -2.05. The summed E-state index contributed by atoms with van der Waals surface area (Å²) in [6, 6.07) is 7.26. The minimum absolute atomic E-state index is 0.0789. The van der Waals surface area contributed by atoms with E-state index in [1.807, 2.05) is 18.2 Å². The van der Waals surface area contributed by atoms with Gasteiger partial charge >= 0.3 is 0 Å². The van der Waals surface area contributed by atoms with E-state index in [0.717, 1.165) is 5.56 Å². The predicted molar refractivity (Wildman–Crippen MR) is 58.6 cm³/mol. The van der Waals surface area contributed by atoms with E-state index in [4.69, 9.17) is 11.6 Å². The quantitative estimate of drug-likeness (QED) is 0.796. The molecule has 4 heteroatoms. The van der Waals surface area contributed by atoms with Crippen LogP contribution in [0.1, 0.15) is 18.9 Å². The van der Waals surface area contributed by atoms with Gasteiger partial charge in [0.2, 0.25) is 5.91 Å². The van der Waals surface area contributed by atoms with Gasteiger partial charge in [0, 0.05) is 11.6 Å². The Morgan fingerprint density at radius 1 is 1.33 bits per heavy atom. The summed E-state index contributed by atoms with van der Waals surface area (Å²) < 4.78 is 0.